The average Bonchev–Trinajstić information content (AvgIpc) is 2.85. The summed E-state index contributed by atoms with van der Waals surface area (Å²) >= 11 is 0. The van der Waals surface area contributed by atoms with Crippen molar-refractivity contribution < 1.29 is 18.7 Å². The molecule has 0 N–H and O–H groups in total. The molecule has 0 aromatic heterocycles. The zero-order valence-electron chi connectivity index (χ0n) is 12.2. The van der Waals surface area contributed by atoms with Crippen LogP contribution in [-0.2, 0) is 9.53 Å². The summed E-state index contributed by atoms with van der Waals surface area (Å²) in [6.45, 7) is 2.64. The van der Waals surface area contributed by atoms with Crippen molar-refractivity contribution in [3.05, 3.63) is 35.6 Å². The van der Waals surface area contributed by atoms with Gasteiger partial charge in [-0.2, -0.15) is 0 Å². The molecule has 1 aromatic rings. The van der Waals surface area contributed by atoms with E-state index in [0.717, 1.165) is 19.3 Å². The molecule has 1 fully saturated rings. The summed E-state index contributed by atoms with van der Waals surface area (Å²) in [4.78, 5) is 25.4. The fourth-order valence-electron chi connectivity index (χ4n) is 2.36. The average molecular weight is 293 g/mol. The first kappa shape index (κ1) is 15.6. The highest BCUT2D eigenvalue weighted by Crippen LogP contribution is 2.23. The van der Waals surface area contributed by atoms with Gasteiger partial charge < -0.3 is 4.74 Å². The molecule has 0 saturated carbocycles. The first-order valence-corrected chi connectivity index (χ1v) is 7.37. The monoisotopic (exact) mass is 293 g/mol. The van der Waals surface area contributed by atoms with Crippen LogP contribution in [0.2, 0.25) is 0 Å². The van der Waals surface area contributed by atoms with Gasteiger partial charge in [0.15, 0.2) is 0 Å². The van der Waals surface area contributed by atoms with E-state index in [-0.39, 0.29) is 5.91 Å². The number of hydrogen-bond donors (Lipinski definition) is 0. The SMILES string of the molecule is CCCCCOC1CCC(=O)N1C(=O)c1ccc(F)cc1. The molecule has 2 rings (SSSR count). The molecule has 114 valence electrons. The van der Waals surface area contributed by atoms with Crippen molar-refractivity contribution in [2.75, 3.05) is 6.61 Å². The molecule has 1 aliphatic heterocycles. The lowest BCUT2D eigenvalue weighted by Crippen LogP contribution is -2.40. The van der Waals surface area contributed by atoms with Gasteiger partial charge in [0.25, 0.3) is 5.91 Å². The minimum Gasteiger partial charge on any atom is -0.358 e. The Hall–Kier alpha value is -1.75. The van der Waals surface area contributed by atoms with Crippen LogP contribution in [0.5, 0.6) is 0 Å². The fourth-order valence-corrected chi connectivity index (χ4v) is 2.36. The van der Waals surface area contributed by atoms with Crippen molar-refractivity contribution >= 4 is 11.8 Å². The quantitative estimate of drug-likeness (QED) is 0.598. The molecule has 0 radical (unpaired) electrons. The summed E-state index contributed by atoms with van der Waals surface area (Å²) in [6, 6.07) is 5.20. The van der Waals surface area contributed by atoms with Gasteiger partial charge in [-0.15, -0.1) is 0 Å². The molecule has 2 amide bonds. The van der Waals surface area contributed by atoms with Crippen LogP contribution in [0.1, 0.15) is 49.4 Å². The van der Waals surface area contributed by atoms with E-state index in [1.807, 2.05) is 0 Å². The Balaban J connectivity index is 2.02. The van der Waals surface area contributed by atoms with Crippen molar-refractivity contribution in [2.45, 2.75) is 45.3 Å². The van der Waals surface area contributed by atoms with E-state index in [1.54, 1.807) is 0 Å². The molecular formula is C16H20FNO3. The van der Waals surface area contributed by atoms with Gasteiger partial charge in [-0.25, -0.2) is 4.39 Å². The van der Waals surface area contributed by atoms with Crippen LogP contribution in [0.3, 0.4) is 0 Å². The van der Waals surface area contributed by atoms with Crippen LogP contribution in [0, 0.1) is 5.82 Å². The van der Waals surface area contributed by atoms with E-state index >= 15 is 0 Å². The molecule has 1 heterocycles. The van der Waals surface area contributed by atoms with Crippen LogP contribution in [0.4, 0.5) is 4.39 Å². The molecule has 0 aliphatic carbocycles. The number of benzene rings is 1. The Morgan fingerprint density at radius 3 is 2.71 bits per heavy atom. The van der Waals surface area contributed by atoms with E-state index in [1.165, 1.54) is 29.2 Å². The third kappa shape index (κ3) is 3.88. The van der Waals surface area contributed by atoms with E-state index in [2.05, 4.69) is 6.92 Å². The normalized spacial score (nSPS) is 18.3. The minimum atomic E-state index is -0.494. The highest BCUT2D eigenvalue weighted by molar-refractivity contribution is 6.05. The molecule has 1 saturated heterocycles. The maximum atomic E-state index is 12.9. The lowest BCUT2D eigenvalue weighted by molar-refractivity contribution is -0.131. The van der Waals surface area contributed by atoms with E-state index in [4.69, 9.17) is 4.74 Å². The van der Waals surface area contributed by atoms with Gasteiger partial charge >= 0.3 is 0 Å². The molecule has 5 heteroatoms. The van der Waals surface area contributed by atoms with Crippen LogP contribution in [-0.4, -0.2) is 29.5 Å². The Labute approximate surface area is 123 Å². The standard InChI is InChI=1S/C16H20FNO3/c1-2-3-4-11-21-15-10-9-14(19)18(15)16(20)12-5-7-13(17)8-6-12/h5-8,15H,2-4,9-11H2,1H3. The van der Waals surface area contributed by atoms with Crippen molar-refractivity contribution in [3.8, 4) is 0 Å². The van der Waals surface area contributed by atoms with E-state index in [9.17, 15) is 14.0 Å². The van der Waals surface area contributed by atoms with Crippen molar-refractivity contribution in [3.63, 3.8) is 0 Å². The summed E-state index contributed by atoms with van der Waals surface area (Å²) in [5, 5.41) is 0. The number of hydrogen-bond acceptors (Lipinski definition) is 3. The molecule has 1 unspecified atom stereocenters. The van der Waals surface area contributed by atoms with E-state index < -0.39 is 18.0 Å². The first-order chi connectivity index (χ1) is 10.1. The molecule has 21 heavy (non-hydrogen) atoms. The van der Waals surface area contributed by atoms with Crippen LogP contribution in [0.15, 0.2) is 24.3 Å². The van der Waals surface area contributed by atoms with E-state index in [0.29, 0.717) is 25.0 Å². The number of carbonyl (C=O) groups is 2. The van der Waals surface area contributed by atoms with Crippen molar-refractivity contribution in [2.24, 2.45) is 0 Å². The molecular weight excluding hydrogens is 273 g/mol. The zero-order chi connectivity index (χ0) is 15.2. The zero-order valence-corrected chi connectivity index (χ0v) is 12.2. The molecule has 1 aromatic carbocycles. The molecule has 4 nitrogen and oxygen atoms in total. The van der Waals surface area contributed by atoms with Gasteiger partial charge in [-0.1, -0.05) is 19.8 Å². The number of imide groups is 1. The van der Waals surface area contributed by atoms with Crippen molar-refractivity contribution in [1.29, 1.82) is 0 Å². The Bertz CT molecular complexity index is 501. The largest absolute Gasteiger partial charge is 0.358 e. The molecule has 0 spiro atoms. The predicted molar refractivity (Wildman–Crippen MR) is 76.1 cm³/mol. The highest BCUT2D eigenvalue weighted by atomic mass is 19.1. The van der Waals surface area contributed by atoms with Gasteiger partial charge in [0.1, 0.15) is 12.0 Å². The van der Waals surface area contributed by atoms with Gasteiger partial charge in [0.05, 0.1) is 0 Å². The minimum absolute atomic E-state index is 0.232. The third-order valence-electron chi connectivity index (χ3n) is 3.53. The summed E-state index contributed by atoms with van der Waals surface area (Å²) in [5.41, 5.74) is 0.300. The Kier molecular flexibility index (Phi) is 5.44. The van der Waals surface area contributed by atoms with Crippen LogP contribution < -0.4 is 0 Å². The smallest absolute Gasteiger partial charge is 0.262 e. The maximum absolute atomic E-state index is 12.9. The second-order valence-electron chi connectivity index (χ2n) is 5.15. The highest BCUT2D eigenvalue weighted by Gasteiger charge is 2.36. The van der Waals surface area contributed by atoms with Gasteiger partial charge in [-0.3, -0.25) is 14.5 Å². The first-order valence-electron chi connectivity index (χ1n) is 7.37. The summed E-state index contributed by atoms with van der Waals surface area (Å²) in [7, 11) is 0. The number of ether oxygens (including phenoxy) is 1. The summed E-state index contributed by atoms with van der Waals surface area (Å²) in [5.74, 6) is -1.06. The summed E-state index contributed by atoms with van der Waals surface area (Å²) in [6.07, 6.45) is 3.41. The van der Waals surface area contributed by atoms with Crippen LogP contribution >= 0.6 is 0 Å². The van der Waals surface area contributed by atoms with Gasteiger partial charge in [0.2, 0.25) is 5.91 Å². The Morgan fingerprint density at radius 2 is 2.05 bits per heavy atom. The number of halogens is 1. The molecule has 0 bridgehead atoms. The lowest BCUT2D eigenvalue weighted by Gasteiger charge is -2.23. The number of carbonyl (C=O) groups excluding carboxylic acids is 2. The third-order valence-corrected chi connectivity index (χ3v) is 3.53. The summed E-state index contributed by atoms with van der Waals surface area (Å²) < 4.78 is 18.6. The lowest BCUT2D eigenvalue weighted by atomic mass is 10.2. The molecule has 1 atom stereocenters. The fraction of sp³-hybridized carbons (Fsp3) is 0.500. The Morgan fingerprint density at radius 1 is 1.33 bits per heavy atom. The van der Waals surface area contributed by atoms with Gasteiger partial charge in [-0.05, 0) is 30.7 Å². The second-order valence-corrected chi connectivity index (χ2v) is 5.15. The van der Waals surface area contributed by atoms with Crippen molar-refractivity contribution in [1.82, 2.24) is 4.90 Å². The second kappa shape index (κ2) is 7.31. The maximum Gasteiger partial charge on any atom is 0.262 e. The van der Waals surface area contributed by atoms with Gasteiger partial charge in [0, 0.05) is 25.0 Å². The number of nitrogens with zero attached hydrogens (tertiary/aromatic N) is 1. The number of rotatable bonds is 6. The van der Waals surface area contributed by atoms with Crippen LogP contribution in [0.25, 0.3) is 0 Å². The number of amides is 2. The molecule has 1 aliphatic rings. The number of unbranched alkanes of at least 4 members (excludes halogenated alkanes) is 2. The number of likely N-dealkylation sites (tertiary alicyclic amines) is 1. The topological polar surface area (TPSA) is 46.6 Å². The predicted octanol–water partition coefficient (Wildman–Crippen LogP) is 3.12.